The summed E-state index contributed by atoms with van der Waals surface area (Å²) >= 11 is 0. The van der Waals surface area contributed by atoms with E-state index in [0.717, 1.165) is 0 Å². The number of ether oxygens (including phenoxy) is 1. The Morgan fingerprint density at radius 2 is 1.53 bits per heavy atom. The highest BCUT2D eigenvalue weighted by molar-refractivity contribution is 7.89. The predicted molar refractivity (Wildman–Crippen MR) is 123 cm³/mol. The lowest BCUT2D eigenvalue weighted by Gasteiger charge is -2.19. The maximum atomic E-state index is 12.8. The van der Waals surface area contributed by atoms with E-state index in [1.807, 2.05) is 0 Å². The second-order valence-corrected chi connectivity index (χ2v) is 10.9. The Bertz CT molecular complexity index is 1160. The van der Waals surface area contributed by atoms with E-state index in [4.69, 9.17) is 4.74 Å². The van der Waals surface area contributed by atoms with Gasteiger partial charge in [-0.3, -0.25) is 4.79 Å². The Morgan fingerprint density at radius 3 is 2.03 bits per heavy atom. The molecule has 0 fully saturated rings. The van der Waals surface area contributed by atoms with Crippen molar-refractivity contribution in [2.45, 2.75) is 43.5 Å². The van der Waals surface area contributed by atoms with Crippen LogP contribution in [-0.4, -0.2) is 53.3 Å². The molecule has 0 spiro atoms. The zero-order chi connectivity index (χ0) is 24.1. The summed E-state index contributed by atoms with van der Waals surface area (Å²) in [5.41, 5.74) is 0.386. The lowest BCUT2D eigenvalue weighted by Crippen LogP contribution is -2.30. The third-order valence-electron chi connectivity index (χ3n) is 4.58. The van der Waals surface area contributed by atoms with Gasteiger partial charge in [-0.05, 0) is 56.3 Å². The lowest BCUT2D eigenvalue weighted by molar-refractivity contribution is 0.102. The summed E-state index contributed by atoms with van der Waals surface area (Å²) in [6.45, 7) is 7.53. The first-order valence-corrected chi connectivity index (χ1v) is 13.0. The minimum absolute atomic E-state index is 0.0264. The number of carbonyl (C=O) groups excluding carboxylic acids is 1. The minimum Gasteiger partial charge on any atom is -0.495 e. The van der Waals surface area contributed by atoms with Crippen LogP contribution < -0.4 is 14.8 Å². The zero-order valence-electron chi connectivity index (χ0n) is 18.7. The van der Waals surface area contributed by atoms with Gasteiger partial charge in [0.15, 0.2) is 0 Å². The highest BCUT2D eigenvalue weighted by Gasteiger charge is 2.23. The molecule has 0 unspecified atom stereocenters. The van der Waals surface area contributed by atoms with Gasteiger partial charge in [-0.15, -0.1) is 0 Å². The Labute approximate surface area is 189 Å². The molecule has 2 aromatic rings. The quantitative estimate of drug-likeness (QED) is 0.536. The van der Waals surface area contributed by atoms with E-state index < -0.39 is 26.0 Å². The van der Waals surface area contributed by atoms with E-state index in [9.17, 15) is 21.6 Å². The third-order valence-corrected chi connectivity index (χ3v) is 8.30. The number of benzene rings is 2. The van der Waals surface area contributed by atoms with Gasteiger partial charge in [0, 0.05) is 24.7 Å². The Hall–Kier alpha value is -2.47. The number of methoxy groups -OCH3 is 1. The number of anilines is 1. The molecule has 0 saturated heterocycles. The second kappa shape index (κ2) is 10.4. The van der Waals surface area contributed by atoms with Crippen LogP contribution in [-0.2, 0) is 20.0 Å². The predicted octanol–water partition coefficient (Wildman–Crippen LogP) is 2.66. The summed E-state index contributed by atoms with van der Waals surface area (Å²) in [6.07, 6.45) is 0. The smallest absolute Gasteiger partial charge is 0.255 e. The monoisotopic (exact) mass is 483 g/mol. The average Bonchev–Trinajstić information content (AvgIpc) is 2.73. The molecule has 0 aliphatic carbocycles. The summed E-state index contributed by atoms with van der Waals surface area (Å²) in [5, 5.41) is 2.64. The molecular formula is C21H29N3O6S2. The summed E-state index contributed by atoms with van der Waals surface area (Å²) in [5.74, 6) is -0.251. The second-order valence-electron chi connectivity index (χ2n) is 7.21. The van der Waals surface area contributed by atoms with Gasteiger partial charge in [-0.2, -0.15) is 4.31 Å². The SMILES string of the molecule is CCN(CC)S(=O)(=O)c1ccc(OC)c(NC(=O)c2ccc(S(=O)(=O)NC(C)C)cc2)c1. The number of carbonyl (C=O) groups is 1. The average molecular weight is 484 g/mol. The van der Waals surface area contributed by atoms with Gasteiger partial charge < -0.3 is 10.1 Å². The molecular weight excluding hydrogens is 454 g/mol. The van der Waals surface area contributed by atoms with E-state index in [1.54, 1.807) is 27.7 Å². The van der Waals surface area contributed by atoms with Crippen LogP contribution in [0, 0.1) is 0 Å². The first kappa shape index (κ1) is 25.8. The molecule has 2 rings (SSSR count). The van der Waals surface area contributed by atoms with E-state index in [1.165, 1.54) is 53.9 Å². The zero-order valence-corrected chi connectivity index (χ0v) is 20.4. The van der Waals surface area contributed by atoms with Crippen molar-refractivity contribution in [3.05, 3.63) is 48.0 Å². The van der Waals surface area contributed by atoms with Crippen molar-refractivity contribution in [1.29, 1.82) is 0 Å². The normalized spacial score (nSPS) is 12.2. The molecule has 9 nitrogen and oxygen atoms in total. The fourth-order valence-electron chi connectivity index (χ4n) is 3.02. The highest BCUT2D eigenvalue weighted by Crippen LogP contribution is 2.29. The molecule has 0 bridgehead atoms. The summed E-state index contributed by atoms with van der Waals surface area (Å²) in [6, 6.07) is 9.39. The van der Waals surface area contributed by atoms with Crippen LogP contribution in [0.5, 0.6) is 5.75 Å². The van der Waals surface area contributed by atoms with Crippen molar-refractivity contribution in [3.63, 3.8) is 0 Å². The van der Waals surface area contributed by atoms with Crippen LogP contribution in [0.25, 0.3) is 0 Å². The van der Waals surface area contributed by atoms with Crippen LogP contribution in [0.3, 0.4) is 0 Å². The van der Waals surface area contributed by atoms with Crippen LogP contribution >= 0.6 is 0 Å². The molecule has 0 heterocycles. The Balaban J connectivity index is 2.33. The fourth-order valence-corrected chi connectivity index (χ4v) is 5.75. The van der Waals surface area contributed by atoms with Gasteiger partial charge in [0.05, 0.1) is 22.6 Å². The van der Waals surface area contributed by atoms with Gasteiger partial charge in [0.2, 0.25) is 20.0 Å². The molecule has 0 radical (unpaired) electrons. The Morgan fingerprint density at radius 1 is 0.969 bits per heavy atom. The largest absolute Gasteiger partial charge is 0.495 e. The van der Waals surface area contributed by atoms with Gasteiger partial charge in [0.1, 0.15) is 5.75 Å². The minimum atomic E-state index is -3.73. The molecule has 11 heteroatoms. The van der Waals surface area contributed by atoms with Gasteiger partial charge in [0.25, 0.3) is 5.91 Å². The lowest BCUT2D eigenvalue weighted by atomic mass is 10.2. The van der Waals surface area contributed by atoms with E-state index in [0.29, 0.717) is 13.1 Å². The van der Waals surface area contributed by atoms with Gasteiger partial charge in [-0.25, -0.2) is 21.6 Å². The first-order valence-electron chi connectivity index (χ1n) is 10.1. The maximum Gasteiger partial charge on any atom is 0.255 e. The van der Waals surface area contributed by atoms with Crippen LogP contribution in [0.15, 0.2) is 52.3 Å². The van der Waals surface area contributed by atoms with E-state index in [2.05, 4.69) is 10.0 Å². The fraction of sp³-hybridized carbons (Fsp3) is 0.381. The molecule has 0 atom stereocenters. The van der Waals surface area contributed by atoms with Gasteiger partial charge in [-0.1, -0.05) is 13.8 Å². The highest BCUT2D eigenvalue weighted by atomic mass is 32.2. The van der Waals surface area contributed by atoms with Crippen molar-refractivity contribution in [3.8, 4) is 5.75 Å². The van der Waals surface area contributed by atoms with Crippen molar-refractivity contribution in [2.75, 3.05) is 25.5 Å². The molecule has 1 amide bonds. The first-order chi connectivity index (χ1) is 15.0. The molecule has 0 saturated carbocycles. The topological polar surface area (TPSA) is 122 Å². The number of hydrogen-bond donors (Lipinski definition) is 2. The van der Waals surface area contributed by atoms with Crippen molar-refractivity contribution >= 4 is 31.6 Å². The van der Waals surface area contributed by atoms with Crippen molar-refractivity contribution in [2.24, 2.45) is 0 Å². The number of hydrogen-bond acceptors (Lipinski definition) is 6. The van der Waals surface area contributed by atoms with Crippen molar-refractivity contribution < 1.29 is 26.4 Å². The number of amides is 1. The van der Waals surface area contributed by atoms with Gasteiger partial charge >= 0.3 is 0 Å². The van der Waals surface area contributed by atoms with E-state index >= 15 is 0 Å². The molecule has 2 aromatic carbocycles. The number of rotatable bonds is 10. The summed E-state index contributed by atoms with van der Waals surface area (Å²) < 4.78 is 59.2. The van der Waals surface area contributed by atoms with Crippen LogP contribution in [0.4, 0.5) is 5.69 Å². The van der Waals surface area contributed by atoms with Crippen LogP contribution in [0.1, 0.15) is 38.1 Å². The summed E-state index contributed by atoms with van der Waals surface area (Å²) in [4.78, 5) is 12.8. The molecule has 0 aromatic heterocycles. The summed E-state index contributed by atoms with van der Waals surface area (Å²) in [7, 11) is -6.00. The number of nitrogens with one attached hydrogen (secondary N) is 2. The maximum absolute atomic E-state index is 12.8. The Kier molecular flexibility index (Phi) is 8.41. The third kappa shape index (κ3) is 5.85. The molecule has 176 valence electrons. The van der Waals surface area contributed by atoms with Crippen molar-refractivity contribution in [1.82, 2.24) is 9.03 Å². The molecule has 32 heavy (non-hydrogen) atoms. The number of sulfonamides is 2. The van der Waals surface area contributed by atoms with E-state index in [-0.39, 0.29) is 32.8 Å². The molecule has 0 aliphatic heterocycles. The molecule has 0 aliphatic rings. The standard InChI is InChI=1S/C21H29N3O6S2/c1-6-24(7-2)32(28,29)18-12-13-20(30-5)19(14-18)22-21(25)16-8-10-17(11-9-16)31(26,27)23-15(3)4/h8-15,23H,6-7H2,1-5H3,(H,22,25). The van der Waals surface area contributed by atoms with Crippen LogP contribution in [0.2, 0.25) is 0 Å². The molecule has 2 N–H and O–H groups in total. The number of nitrogens with zero attached hydrogens (tertiary/aromatic N) is 1.